The lowest BCUT2D eigenvalue weighted by Crippen LogP contribution is -2.31. The van der Waals surface area contributed by atoms with Gasteiger partial charge in [-0.2, -0.15) is 0 Å². The largest absolute Gasteiger partial charge is 0.491 e. The van der Waals surface area contributed by atoms with Crippen LogP contribution in [-0.4, -0.2) is 30.6 Å². The molecule has 0 saturated heterocycles. The summed E-state index contributed by atoms with van der Waals surface area (Å²) in [5.74, 6) is 0.906. The van der Waals surface area contributed by atoms with Gasteiger partial charge in [0.25, 0.3) is 0 Å². The number of benzene rings is 1. The van der Waals surface area contributed by atoms with E-state index >= 15 is 0 Å². The van der Waals surface area contributed by atoms with E-state index in [0.29, 0.717) is 0 Å². The molecule has 0 amide bonds. The Morgan fingerprint density at radius 1 is 1.11 bits per heavy atom. The molecular formula is C15H26N2O. The van der Waals surface area contributed by atoms with Crippen molar-refractivity contribution in [3.8, 4) is 5.75 Å². The summed E-state index contributed by atoms with van der Waals surface area (Å²) in [4.78, 5) is 2.34. The molecule has 0 spiro atoms. The van der Waals surface area contributed by atoms with E-state index < -0.39 is 0 Å². The highest BCUT2D eigenvalue weighted by Crippen LogP contribution is 2.18. The molecule has 1 aromatic carbocycles. The van der Waals surface area contributed by atoms with Crippen LogP contribution >= 0.6 is 0 Å². The Bertz CT molecular complexity index is 331. The number of ether oxygens (including phenoxy) is 1. The molecule has 1 rings (SSSR count). The maximum Gasteiger partial charge on any atom is 0.119 e. The molecule has 0 radical (unpaired) electrons. The summed E-state index contributed by atoms with van der Waals surface area (Å²) in [6.07, 6.45) is 0.209. The van der Waals surface area contributed by atoms with Crippen molar-refractivity contribution in [3.05, 3.63) is 29.8 Å². The molecule has 0 heterocycles. The van der Waals surface area contributed by atoms with Gasteiger partial charge in [-0.05, 0) is 44.6 Å². The molecule has 2 N–H and O–H groups in total. The first-order chi connectivity index (χ1) is 8.56. The fourth-order valence-corrected chi connectivity index (χ4v) is 1.93. The summed E-state index contributed by atoms with van der Waals surface area (Å²) in [6.45, 7) is 11.4. The molecule has 102 valence electrons. The normalized spacial score (nSPS) is 13.1. The lowest BCUT2D eigenvalue weighted by Gasteiger charge is -2.23. The second-order valence-electron chi connectivity index (χ2n) is 4.83. The quantitative estimate of drug-likeness (QED) is 0.808. The van der Waals surface area contributed by atoms with Gasteiger partial charge in [0.15, 0.2) is 0 Å². The van der Waals surface area contributed by atoms with Crippen LogP contribution in [0.5, 0.6) is 5.75 Å². The molecule has 1 aromatic rings. The van der Waals surface area contributed by atoms with Gasteiger partial charge in [0.2, 0.25) is 0 Å². The Morgan fingerprint density at radius 2 is 1.67 bits per heavy atom. The third-order valence-corrected chi connectivity index (χ3v) is 3.03. The van der Waals surface area contributed by atoms with Gasteiger partial charge in [-0.15, -0.1) is 0 Å². The third kappa shape index (κ3) is 4.67. The predicted octanol–water partition coefficient (Wildman–Crippen LogP) is 2.82. The van der Waals surface area contributed by atoms with E-state index in [1.165, 1.54) is 0 Å². The summed E-state index contributed by atoms with van der Waals surface area (Å²) in [5.41, 5.74) is 7.38. The molecule has 0 aliphatic rings. The van der Waals surface area contributed by atoms with Crippen molar-refractivity contribution < 1.29 is 4.74 Å². The van der Waals surface area contributed by atoms with Gasteiger partial charge in [-0.3, -0.25) is 0 Å². The molecule has 1 atom stereocenters. The van der Waals surface area contributed by atoms with E-state index in [-0.39, 0.29) is 12.1 Å². The molecule has 3 heteroatoms. The van der Waals surface area contributed by atoms with Crippen molar-refractivity contribution in [1.29, 1.82) is 0 Å². The van der Waals surface area contributed by atoms with Gasteiger partial charge in [0, 0.05) is 12.6 Å². The van der Waals surface area contributed by atoms with Crippen molar-refractivity contribution in [2.45, 2.75) is 39.8 Å². The van der Waals surface area contributed by atoms with Crippen LogP contribution in [0.3, 0.4) is 0 Å². The lowest BCUT2D eigenvalue weighted by atomic mass is 10.1. The van der Waals surface area contributed by atoms with Crippen molar-refractivity contribution in [2.75, 3.05) is 19.6 Å². The molecule has 1 unspecified atom stereocenters. The van der Waals surface area contributed by atoms with E-state index in [0.717, 1.165) is 30.9 Å². The van der Waals surface area contributed by atoms with Gasteiger partial charge in [-0.1, -0.05) is 26.0 Å². The van der Waals surface area contributed by atoms with Crippen LogP contribution in [-0.2, 0) is 0 Å². The lowest BCUT2D eigenvalue weighted by molar-refractivity contribution is 0.242. The van der Waals surface area contributed by atoms with Crippen molar-refractivity contribution in [2.24, 2.45) is 5.73 Å². The van der Waals surface area contributed by atoms with Crippen LogP contribution in [0, 0.1) is 0 Å². The zero-order valence-corrected chi connectivity index (χ0v) is 12.0. The maximum atomic E-state index is 6.22. The summed E-state index contributed by atoms with van der Waals surface area (Å²) in [5, 5.41) is 0. The Balaban J connectivity index is 2.61. The summed E-state index contributed by atoms with van der Waals surface area (Å²) >= 11 is 0. The molecule has 18 heavy (non-hydrogen) atoms. The zero-order valence-electron chi connectivity index (χ0n) is 12.0. The third-order valence-electron chi connectivity index (χ3n) is 3.03. The second-order valence-corrected chi connectivity index (χ2v) is 4.83. The minimum Gasteiger partial charge on any atom is -0.491 e. The minimum absolute atomic E-state index is 0.0676. The molecule has 0 fully saturated rings. The van der Waals surface area contributed by atoms with Crippen LogP contribution in [0.25, 0.3) is 0 Å². The van der Waals surface area contributed by atoms with E-state index in [1.54, 1.807) is 0 Å². The highest BCUT2D eigenvalue weighted by molar-refractivity contribution is 5.29. The topological polar surface area (TPSA) is 38.5 Å². The maximum absolute atomic E-state index is 6.22. The SMILES string of the molecule is CCN(CC)CC(N)c1ccc(OC(C)C)cc1. The minimum atomic E-state index is 0.0676. The number of likely N-dealkylation sites (N-methyl/N-ethyl adjacent to an activating group) is 1. The van der Waals surface area contributed by atoms with Crippen LogP contribution < -0.4 is 10.5 Å². The zero-order chi connectivity index (χ0) is 13.5. The van der Waals surface area contributed by atoms with Gasteiger partial charge >= 0.3 is 0 Å². The fraction of sp³-hybridized carbons (Fsp3) is 0.600. The highest BCUT2D eigenvalue weighted by Gasteiger charge is 2.10. The number of nitrogens with zero attached hydrogens (tertiary/aromatic N) is 1. The Hall–Kier alpha value is -1.06. The molecular weight excluding hydrogens is 224 g/mol. The standard InChI is InChI=1S/C15H26N2O/c1-5-17(6-2)11-15(16)13-7-9-14(10-8-13)18-12(3)4/h7-10,12,15H,5-6,11,16H2,1-4H3. The van der Waals surface area contributed by atoms with Gasteiger partial charge in [0.05, 0.1) is 6.10 Å². The Labute approximate surface area is 111 Å². The van der Waals surface area contributed by atoms with E-state index in [2.05, 4.69) is 30.9 Å². The Kier molecular flexibility index (Phi) is 6.16. The van der Waals surface area contributed by atoms with E-state index in [4.69, 9.17) is 10.5 Å². The van der Waals surface area contributed by atoms with Crippen molar-refractivity contribution in [1.82, 2.24) is 4.90 Å². The van der Waals surface area contributed by atoms with Crippen LogP contribution in [0.1, 0.15) is 39.3 Å². The van der Waals surface area contributed by atoms with Gasteiger partial charge in [0.1, 0.15) is 5.75 Å². The average molecular weight is 250 g/mol. The van der Waals surface area contributed by atoms with Crippen LogP contribution in [0.15, 0.2) is 24.3 Å². The smallest absolute Gasteiger partial charge is 0.119 e. The molecule has 0 bridgehead atoms. The first-order valence-electron chi connectivity index (χ1n) is 6.81. The molecule has 0 aromatic heterocycles. The second kappa shape index (κ2) is 7.39. The molecule has 3 nitrogen and oxygen atoms in total. The van der Waals surface area contributed by atoms with Crippen molar-refractivity contribution >= 4 is 0 Å². The fourth-order valence-electron chi connectivity index (χ4n) is 1.93. The monoisotopic (exact) mass is 250 g/mol. The van der Waals surface area contributed by atoms with Gasteiger partial charge < -0.3 is 15.4 Å². The summed E-state index contributed by atoms with van der Waals surface area (Å²) in [6, 6.07) is 8.19. The van der Waals surface area contributed by atoms with Crippen LogP contribution in [0.4, 0.5) is 0 Å². The Morgan fingerprint density at radius 3 is 2.11 bits per heavy atom. The number of rotatable bonds is 7. The first-order valence-corrected chi connectivity index (χ1v) is 6.81. The number of hydrogen-bond acceptors (Lipinski definition) is 3. The highest BCUT2D eigenvalue weighted by atomic mass is 16.5. The average Bonchev–Trinajstić information content (AvgIpc) is 2.35. The van der Waals surface area contributed by atoms with E-state index in [1.807, 2.05) is 26.0 Å². The van der Waals surface area contributed by atoms with Crippen molar-refractivity contribution in [3.63, 3.8) is 0 Å². The molecule has 0 aliphatic carbocycles. The predicted molar refractivity (Wildman–Crippen MR) is 76.9 cm³/mol. The first kappa shape index (κ1) is 15.0. The van der Waals surface area contributed by atoms with E-state index in [9.17, 15) is 0 Å². The molecule has 0 aliphatic heterocycles. The van der Waals surface area contributed by atoms with Crippen LogP contribution in [0.2, 0.25) is 0 Å². The summed E-state index contributed by atoms with van der Waals surface area (Å²) < 4.78 is 5.62. The number of hydrogen-bond donors (Lipinski definition) is 1. The number of nitrogens with two attached hydrogens (primary N) is 1. The summed E-state index contributed by atoms with van der Waals surface area (Å²) in [7, 11) is 0. The molecule has 0 saturated carbocycles. The van der Waals surface area contributed by atoms with Gasteiger partial charge in [-0.25, -0.2) is 0 Å².